The van der Waals surface area contributed by atoms with E-state index in [1.165, 1.54) is 11.1 Å². The molecule has 0 bridgehead atoms. The molecular weight excluding hydrogens is 376 g/mol. The highest BCUT2D eigenvalue weighted by Crippen LogP contribution is 2.37. The lowest BCUT2D eigenvalue weighted by Gasteiger charge is -2.23. The van der Waals surface area contributed by atoms with Crippen LogP contribution in [0.3, 0.4) is 0 Å². The lowest BCUT2D eigenvalue weighted by atomic mass is 10.1. The zero-order valence-corrected chi connectivity index (χ0v) is 17.5. The smallest absolute Gasteiger partial charge is 0.224 e. The van der Waals surface area contributed by atoms with Crippen molar-refractivity contribution in [3.05, 3.63) is 58.1 Å². The van der Waals surface area contributed by atoms with Crippen molar-refractivity contribution in [2.75, 3.05) is 33.9 Å². The molecule has 1 heterocycles. The van der Waals surface area contributed by atoms with Gasteiger partial charge in [0.1, 0.15) is 0 Å². The molecule has 1 aliphatic heterocycles. The highest BCUT2D eigenvalue weighted by atomic mass is 35.5. The van der Waals surface area contributed by atoms with Gasteiger partial charge in [-0.3, -0.25) is 9.69 Å². The lowest BCUT2D eigenvalue weighted by Crippen LogP contribution is -2.33. The topological polar surface area (TPSA) is 42.0 Å². The average Bonchev–Trinajstić information content (AvgIpc) is 2.87. The molecule has 1 fully saturated rings. The van der Waals surface area contributed by atoms with E-state index in [2.05, 4.69) is 24.0 Å². The molecule has 0 atom stereocenters. The van der Waals surface area contributed by atoms with E-state index in [4.69, 9.17) is 21.1 Å². The maximum atomic E-state index is 12.6. The van der Waals surface area contributed by atoms with Crippen LogP contribution in [0, 0.1) is 6.92 Å². The minimum atomic E-state index is 0.198. The molecule has 0 radical (unpaired) electrons. The Morgan fingerprint density at radius 1 is 0.964 bits per heavy atom. The zero-order chi connectivity index (χ0) is 20.1. The van der Waals surface area contributed by atoms with Crippen molar-refractivity contribution in [2.24, 2.45) is 0 Å². The van der Waals surface area contributed by atoms with E-state index in [0.717, 1.165) is 12.1 Å². The largest absolute Gasteiger partial charge is 0.493 e. The molecule has 1 amide bonds. The maximum absolute atomic E-state index is 12.6. The van der Waals surface area contributed by atoms with E-state index in [0.29, 0.717) is 49.1 Å². The molecule has 5 nitrogen and oxygen atoms in total. The van der Waals surface area contributed by atoms with Gasteiger partial charge in [0, 0.05) is 39.1 Å². The first-order valence-corrected chi connectivity index (χ1v) is 9.85. The van der Waals surface area contributed by atoms with Crippen molar-refractivity contribution in [1.29, 1.82) is 0 Å². The summed E-state index contributed by atoms with van der Waals surface area (Å²) in [7, 11) is 3.18. The van der Waals surface area contributed by atoms with Crippen LogP contribution in [0.1, 0.15) is 23.1 Å². The SMILES string of the molecule is COc1ccc(CN2CCC(=O)N(Cc3ccccc3C)CC2)c(Cl)c1OC. The minimum absolute atomic E-state index is 0.198. The Hall–Kier alpha value is -2.24. The summed E-state index contributed by atoms with van der Waals surface area (Å²) in [5.41, 5.74) is 3.39. The Labute approximate surface area is 171 Å². The summed E-state index contributed by atoms with van der Waals surface area (Å²) in [6, 6.07) is 12.1. The Balaban J connectivity index is 1.68. The van der Waals surface area contributed by atoms with Crippen molar-refractivity contribution in [2.45, 2.75) is 26.4 Å². The monoisotopic (exact) mass is 402 g/mol. The molecule has 0 unspecified atom stereocenters. The van der Waals surface area contributed by atoms with Crippen molar-refractivity contribution in [1.82, 2.24) is 9.80 Å². The molecule has 150 valence electrons. The predicted octanol–water partition coefficient (Wildman–Crippen LogP) is 3.90. The molecule has 3 rings (SSSR count). The number of halogens is 1. The van der Waals surface area contributed by atoms with Gasteiger partial charge in [-0.05, 0) is 29.7 Å². The van der Waals surface area contributed by atoms with Crippen LogP contribution in [0.25, 0.3) is 0 Å². The third kappa shape index (κ3) is 4.59. The van der Waals surface area contributed by atoms with Gasteiger partial charge in [-0.15, -0.1) is 0 Å². The molecule has 2 aromatic carbocycles. The number of amides is 1. The fourth-order valence-corrected chi connectivity index (χ4v) is 3.82. The summed E-state index contributed by atoms with van der Waals surface area (Å²) in [6.45, 7) is 5.65. The highest BCUT2D eigenvalue weighted by Gasteiger charge is 2.23. The summed E-state index contributed by atoms with van der Waals surface area (Å²) in [6.07, 6.45) is 0.511. The Morgan fingerprint density at radius 2 is 1.75 bits per heavy atom. The third-order valence-corrected chi connectivity index (χ3v) is 5.68. The third-order valence-electron chi connectivity index (χ3n) is 5.26. The number of ether oxygens (including phenoxy) is 2. The maximum Gasteiger partial charge on any atom is 0.224 e. The zero-order valence-electron chi connectivity index (χ0n) is 16.7. The molecule has 0 aliphatic carbocycles. The second-order valence-corrected chi connectivity index (χ2v) is 7.42. The van der Waals surface area contributed by atoms with E-state index in [1.54, 1.807) is 14.2 Å². The van der Waals surface area contributed by atoms with Crippen LogP contribution in [0.4, 0.5) is 0 Å². The molecule has 0 spiro atoms. The minimum Gasteiger partial charge on any atom is -0.493 e. The summed E-state index contributed by atoms with van der Waals surface area (Å²) >= 11 is 6.53. The molecule has 0 aromatic heterocycles. The number of rotatable bonds is 6. The van der Waals surface area contributed by atoms with Crippen LogP contribution in [-0.2, 0) is 17.9 Å². The van der Waals surface area contributed by atoms with Crippen LogP contribution in [-0.4, -0.2) is 49.6 Å². The quantitative estimate of drug-likeness (QED) is 0.734. The first-order chi connectivity index (χ1) is 13.5. The predicted molar refractivity (Wildman–Crippen MR) is 111 cm³/mol. The van der Waals surface area contributed by atoms with E-state index in [1.807, 2.05) is 29.2 Å². The second-order valence-electron chi connectivity index (χ2n) is 7.04. The van der Waals surface area contributed by atoms with Crippen molar-refractivity contribution in [3.63, 3.8) is 0 Å². The van der Waals surface area contributed by atoms with Crippen LogP contribution >= 0.6 is 11.6 Å². The number of benzene rings is 2. The van der Waals surface area contributed by atoms with Gasteiger partial charge >= 0.3 is 0 Å². The van der Waals surface area contributed by atoms with Gasteiger partial charge in [0.25, 0.3) is 0 Å². The van der Waals surface area contributed by atoms with Crippen LogP contribution in [0.2, 0.25) is 5.02 Å². The van der Waals surface area contributed by atoms with E-state index in [9.17, 15) is 4.79 Å². The number of nitrogens with zero attached hydrogens (tertiary/aromatic N) is 2. The number of carbonyl (C=O) groups is 1. The van der Waals surface area contributed by atoms with E-state index < -0.39 is 0 Å². The van der Waals surface area contributed by atoms with Crippen LogP contribution in [0.5, 0.6) is 11.5 Å². The van der Waals surface area contributed by atoms with E-state index >= 15 is 0 Å². The van der Waals surface area contributed by atoms with E-state index in [-0.39, 0.29) is 5.91 Å². The fraction of sp³-hybridized carbons (Fsp3) is 0.409. The molecular formula is C22H27ClN2O3. The highest BCUT2D eigenvalue weighted by molar-refractivity contribution is 6.33. The van der Waals surface area contributed by atoms with Gasteiger partial charge in [0.2, 0.25) is 5.91 Å². The number of hydrogen-bond acceptors (Lipinski definition) is 4. The number of carbonyl (C=O) groups excluding carboxylic acids is 1. The molecule has 6 heteroatoms. The summed E-state index contributed by atoms with van der Waals surface area (Å²) in [4.78, 5) is 16.8. The molecule has 1 aliphatic rings. The lowest BCUT2D eigenvalue weighted by molar-refractivity contribution is -0.130. The Morgan fingerprint density at radius 3 is 2.46 bits per heavy atom. The van der Waals surface area contributed by atoms with Gasteiger partial charge in [-0.1, -0.05) is 41.9 Å². The summed E-state index contributed by atoms with van der Waals surface area (Å²) in [5, 5.41) is 0.564. The van der Waals surface area contributed by atoms with Gasteiger partial charge in [0.15, 0.2) is 11.5 Å². The fourth-order valence-electron chi connectivity index (χ4n) is 3.52. The second kappa shape index (κ2) is 9.30. The van der Waals surface area contributed by atoms with Gasteiger partial charge in [0.05, 0.1) is 19.2 Å². The van der Waals surface area contributed by atoms with Crippen molar-refractivity contribution < 1.29 is 14.3 Å². The van der Waals surface area contributed by atoms with Crippen molar-refractivity contribution >= 4 is 17.5 Å². The number of methoxy groups -OCH3 is 2. The Kier molecular flexibility index (Phi) is 6.81. The van der Waals surface area contributed by atoms with Crippen LogP contribution in [0.15, 0.2) is 36.4 Å². The first-order valence-electron chi connectivity index (χ1n) is 9.47. The average molecular weight is 403 g/mol. The number of aryl methyl sites for hydroxylation is 1. The molecule has 0 saturated carbocycles. The molecule has 28 heavy (non-hydrogen) atoms. The first kappa shape index (κ1) is 20.5. The number of hydrogen-bond donors (Lipinski definition) is 0. The van der Waals surface area contributed by atoms with Crippen LogP contribution < -0.4 is 9.47 Å². The normalized spacial score (nSPS) is 15.4. The summed E-state index contributed by atoms with van der Waals surface area (Å²) in [5.74, 6) is 1.37. The standard InChI is InChI=1S/C22H27ClN2O3/c1-16-6-4-5-7-17(16)15-25-13-12-24(11-10-20(25)26)14-18-8-9-19(27-2)22(28-3)21(18)23/h4-9H,10-15H2,1-3H3. The van der Waals surface area contributed by atoms with Gasteiger partial charge in [-0.25, -0.2) is 0 Å². The van der Waals surface area contributed by atoms with Gasteiger partial charge in [-0.2, -0.15) is 0 Å². The molecule has 1 saturated heterocycles. The molecule has 0 N–H and O–H groups in total. The Bertz CT molecular complexity index is 841. The summed E-state index contributed by atoms with van der Waals surface area (Å²) < 4.78 is 10.7. The van der Waals surface area contributed by atoms with Gasteiger partial charge < -0.3 is 14.4 Å². The van der Waals surface area contributed by atoms with Crippen molar-refractivity contribution in [3.8, 4) is 11.5 Å². The molecule has 2 aromatic rings.